The lowest BCUT2D eigenvalue weighted by atomic mass is 9.94. The lowest BCUT2D eigenvalue weighted by Crippen LogP contribution is -2.52. The highest BCUT2D eigenvalue weighted by Gasteiger charge is 2.31. The summed E-state index contributed by atoms with van der Waals surface area (Å²) < 4.78 is 5.45. The molecule has 0 aliphatic carbocycles. The van der Waals surface area contributed by atoms with E-state index in [-0.39, 0.29) is 17.7 Å². The molecule has 6 heteroatoms. The lowest BCUT2D eigenvalue weighted by Gasteiger charge is -2.39. The van der Waals surface area contributed by atoms with Gasteiger partial charge < -0.3 is 19.4 Å². The first-order valence-electron chi connectivity index (χ1n) is 9.58. The normalized spacial score (nSPS) is 18.8. The molecule has 6 nitrogen and oxygen atoms in total. The number of hydrogen-bond donors (Lipinski definition) is 0. The molecule has 1 aromatic rings. The molecule has 2 amide bonds. The SMILES string of the molecule is CCC(=O)N1CCC(C(=O)N2CCN(c3ccccc3OC)CC2)CC1. The number of carbonyl (C=O) groups excluding carboxylic acids is 2. The van der Waals surface area contributed by atoms with Crippen LogP contribution in [0.2, 0.25) is 0 Å². The van der Waals surface area contributed by atoms with Gasteiger partial charge in [-0.3, -0.25) is 9.59 Å². The summed E-state index contributed by atoms with van der Waals surface area (Å²) in [6, 6.07) is 8.02. The fourth-order valence-corrected chi connectivity index (χ4v) is 3.92. The summed E-state index contributed by atoms with van der Waals surface area (Å²) in [5.74, 6) is 1.39. The van der Waals surface area contributed by atoms with E-state index in [2.05, 4.69) is 11.0 Å². The second-order valence-electron chi connectivity index (χ2n) is 6.99. The van der Waals surface area contributed by atoms with Crippen molar-refractivity contribution in [3.8, 4) is 5.75 Å². The van der Waals surface area contributed by atoms with Crippen LogP contribution in [0.15, 0.2) is 24.3 Å². The second-order valence-corrected chi connectivity index (χ2v) is 6.99. The molecule has 0 N–H and O–H groups in total. The van der Waals surface area contributed by atoms with E-state index in [1.54, 1.807) is 7.11 Å². The minimum absolute atomic E-state index is 0.0636. The highest BCUT2D eigenvalue weighted by Crippen LogP contribution is 2.29. The third-order valence-corrected chi connectivity index (χ3v) is 5.52. The lowest BCUT2D eigenvalue weighted by molar-refractivity contribution is -0.140. The molecule has 0 radical (unpaired) electrons. The molecule has 0 saturated carbocycles. The fourth-order valence-electron chi connectivity index (χ4n) is 3.92. The summed E-state index contributed by atoms with van der Waals surface area (Å²) in [5.41, 5.74) is 1.09. The number of amides is 2. The van der Waals surface area contributed by atoms with E-state index >= 15 is 0 Å². The van der Waals surface area contributed by atoms with E-state index < -0.39 is 0 Å². The number of methoxy groups -OCH3 is 1. The predicted molar refractivity (Wildman–Crippen MR) is 101 cm³/mol. The Morgan fingerprint density at radius 2 is 1.65 bits per heavy atom. The van der Waals surface area contributed by atoms with Crippen LogP contribution in [-0.2, 0) is 9.59 Å². The molecule has 0 atom stereocenters. The topological polar surface area (TPSA) is 53.1 Å². The van der Waals surface area contributed by atoms with Crippen LogP contribution in [0.5, 0.6) is 5.75 Å². The number of para-hydroxylation sites is 2. The van der Waals surface area contributed by atoms with E-state index in [0.29, 0.717) is 19.5 Å². The molecular formula is C20H29N3O3. The Bertz CT molecular complexity index is 633. The molecule has 2 heterocycles. The summed E-state index contributed by atoms with van der Waals surface area (Å²) in [6.45, 7) is 6.43. The van der Waals surface area contributed by atoms with Crippen LogP contribution in [0, 0.1) is 5.92 Å². The average molecular weight is 359 g/mol. The van der Waals surface area contributed by atoms with Crippen LogP contribution in [0.1, 0.15) is 26.2 Å². The first-order chi connectivity index (χ1) is 12.6. The fraction of sp³-hybridized carbons (Fsp3) is 0.600. The van der Waals surface area contributed by atoms with Gasteiger partial charge in [-0.1, -0.05) is 19.1 Å². The summed E-state index contributed by atoms with van der Waals surface area (Å²) in [5, 5.41) is 0. The monoisotopic (exact) mass is 359 g/mol. The smallest absolute Gasteiger partial charge is 0.225 e. The Morgan fingerprint density at radius 1 is 1.00 bits per heavy atom. The largest absolute Gasteiger partial charge is 0.495 e. The van der Waals surface area contributed by atoms with Crippen LogP contribution < -0.4 is 9.64 Å². The number of piperidine rings is 1. The van der Waals surface area contributed by atoms with E-state index in [0.717, 1.165) is 50.5 Å². The standard InChI is InChI=1S/C20H29N3O3/c1-3-19(24)22-10-8-16(9-11-22)20(25)23-14-12-21(13-15-23)17-6-4-5-7-18(17)26-2/h4-7,16H,3,8-15H2,1-2H3. The second kappa shape index (κ2) is 8.43. The first-order valence-corrected chi connectivity index (χ1v) is 9.58. The molecule has 2 aliphatic heterocycles. The predicted octanol–water partition coefficient (Wildman–Crippen LogP) is 1.99. The maximum atomic E-state index is 12.8. The highest BCUT2D eigenvalue weighted by atomic mass is 16.5. The van der Waals surface area contributed by atoms with Crippen molar-refractivity contribution in [3.63, 3.8) is 0 Å². The third-order valence-electron chi connectivity index (χ3n) is 5.52. The summed E-state index contributed by atoms with van der Waals surface area (Å²) in [6.07, 6.45) is 2.12. The minimum Gasteiger partial charge on any atom is -0.495 e. The van der Waals surface area contributed by atoms with Crippen LogP contribution in [0.25, 0.3) is 0 Å². The van der Waals surface area contributed by atoms with Crippen LogP contribution in [-0.4, -0.2) is 68.0 Å². The van der Waals surface area contributed by atoms with Gasteiger partial charge in [0.1, 0.15) is 5.75 Å². The zero-order valence-corrected chi connectivity index (χ0v) is 15.8. The van der Waals surface area contributed by atoms with Crippen molar-refractivity contribution in [3.05, 3.63) is 24.3 Å². The Morgan fingerprint density at radius 3 is 2.27 bits per heavy atom. The van der Waals surface area contributed by atoms with Gasteiger partial charge in [0, 0.05) is 51.6 Å². The number of benzene rings is 1. The Balaban J connectivity index is 1.52. The van der Waals surface area contributed by atoms with Gasteiger partial charge in [0.15, 0.2) is 0 Å². The Kier molecular flexibility index (Phi) is 6.01. The Labute approximate surface area is 155 Å². The van der Waals surface area contributed by atoms with Gasteiger partial charge in [-0.25, -0.2) is 0 Å². The summed E-state index contributed by atoms with van der Waals surface area (Å²) >= 11 is 0. The summed E-state index contributed by atoms with van der Waals surface area (Å²) in [4.78, 5) is 30.8. The molecule has 1 aromatic carbocycles. The van der Waals surface area contributed by atoms with Crippen LogP contribution >= 0.6 is 0 Å². The van der Waals surface area contributed by atoms with Gasteiger partial charge in [0.05, 0.1) is 12.8 Å². The number of hydrogen-bond acceptors (Lipinski definition) is 4. The summed E-state index contributed by atoms with van der Waals surface area (Å²) in [7, 11) is 1.69. The van der Waals surface area contributed by atoms with Crippen molar-refractivity contribution in [2.75, 3.05) is 51.3 Å². The van der Waals surface area contributed by atoms with Crippen molar-refractivity contribution < 1.29 is 14.3 Å². The van der Waals surface area contributed by atoms with Crippen molar-refractivity contribution in [2.45, 2.75) is 26.2 Å². The molecular weight excluding hydrogens is 330 g/mol. The van der Waals surface area contributed by atoms with Gasteiger partial charge in [0.2, 0.25) is 11.8 Å². The van der Waals surface area contributed by atoms with E-state index in [9.17, 15) is 9.59 Å². The van der Waals surface area contributed by atoms with Gasteiger partial charge in [-0.15, -0.1) is 0 Å². The molecule has 2 aliphatic rings. The van der Waals surface area contributed by atoms with E-state index in [1.165, 1.54) is 0 Å². The highest BCUT2D eigenvalue weighted by molar-refractivity contribution is 5.80. The van der Waals surface area contributed by atoms with E-state index in [1.807, 2.05) is 34.9 Å². The number of carbonyl (C=O) groups is 2. The first kappa shape index (κ1) is 18.5. The zero-order valence-electron chi connectivity index (χ0n) is 15.8. The van der Waals surface area contributed by atoms with Gasteiger partial charge >= 0.3 is 0 Å². The number of ether oxygens (including phenoxy) is 1. The van der Waals surface area contributed by atoms with Gasteiger partial charge in [-0.2, -0.15) is 0 Å². The van der Waals surface area contributed by atoms with Crippen LogP contribution in [0.3, 0.4) is 0 Å². The average Bonchev–Trinajstić information content (AvgIpc) is 2.73. The Hall–Kier alpha value is -2.24. The van der Waals surface area contributed by atoms with Crippen molar-refractivity contribution in [2.24, 2.45) is 5.92 Å². The maximum Gasteiger partial charge on any atom is 0.225 e. The number of anilines is 1. The minimum atomic E-state index is 0.0636. The van der Waals surface area contributed by atoms with Gasteiger partial charge in [-0.05, 0) is 25.0 Å². The molecule has 0 bridgehead atoms. The zero-order chi connectivity index (χ0) is 18.5. The maximum absolute atomic E-state index is 12.8. The van der Waals surface area contributed by atoms with Crippen molar-refractivity contribution in [1.29, 1.82) is 0 Å². The quantitative estimate of drug-likeness (QED) is 0.825. The molecule has 2 saturated heterocycles. The molecule has 3 rings (SSSR count). The van der Waals surface area contributed by atoms with Crippen molar-refractivity contribution >= 4 is 17.5 Å². The van der Waals surface area contributed by atoms with Crippen molar-refractivity contribution in [1.82, 2.24) is 9.80 Å². The van der Waals surface area contributed by atoms with Crippen LogP contribution in [0.4, 0.5) is 5.69 Å². The number of likely N-dealkylation sites (tertiary alicyclic amines) is 1. The van der Waals surface area contributed by atoms with E-state index in [4.69, 9.17) is 4.74 Å². The third kappa shape index (κ3) is 3.94. The molecule has 2 fully saturated rings. The molecule has 0 aromatic heterocycles. The number of nitrogens with zero attached hydrogens (tertiary/aromatic N) is 3. The molecule has 142 valence electrons. The number of piperazine rings is 1. The molecule has 26 heavy (non-hydrogen) atoms. The molecule has 0 spiro atoms. The van der Waals surface area contributed by atoms with Gasteiger partial charge in [0.25, 0.3) is 0 Å². The number of rotatable bonds is 4. The molecule has 0 unspecified atom stereocenters.